The van der Waals surface area contributed by atoms with Gasteiger partial charge in [-0.3, -0.25) is 4.72 Å². The van der Waals surface area contributed by atoms with Crippen LogP contribution in [0.4, 0.5) is 16.2 Å². The number of urea groups is 1. The van der Waals surface area contributed by atoms with Crippen LogP contribution in [0.1, 0.15) is 39.5 Å². The van der Waals surface area contributed by atoms with E-state index in [1.807, 2.05) is 4.90 Å². The summed E-state index contributed by atoms with van der Waals surface area (Å²) in [6.45, 7) is 5.16. The summed E-state index contributed by atoms with van der Waals surface area (Å²) in [6.07, 6.45) is 5.98. The van der Waals surface area contributed by atoms with Crippen molar-refractivity contribution in [3.8, 4) is 0 Å². The Bertz CT molecular complexity index is 804. The van der Waals surface area contributed by atoms with Crippen molar-refractivity contribution in [3.05, 3.63) is 23.2 Å². The van der Waals surface area contributed by atoms with E-state index >= 15 is 0 Å². The molecule has 3 rings (SSSR count). The predicted octanol–water partition coefficient (Wildman–Crippen LogP) is 4.14. The van der Waals surface area contributed by atoms with Gasteiger partial charge in [-0.25, -0.2) is 13.2 Å². The van der Waals surface area contributed by atoms with E-state index in [4.69, 9.17) is 11.6 Å². The summed E-state index contributed by atoms with van der Waals surface area (Å²) >= 11 is 6.13. The van der Waals surface area contributed by atoms with Crippen LogP contribution in [0.5, 0.6) is 0 Å². The molecule has 6 nitrogen and oxygen atoms in total. The Morgan fingerprint density at radius 3 is 2.50 bits per heavy atom. The van der Waals surface area contributed by atoms with E-state index in [1.165, 1.54) is 25.7 Å². The van der Waals surface area contributed by atoms with E-state index in [0.29, 0.717) is 22.7 Å². The molecule has 1 saturated heterocycles. The quantitative estimate of drug-likeness (QED) is 0.798. The first-order valence-corrected chi connectivity index (χ1v) is 11.2. The molecule has 1 aromatic carbocycles. The summed E-state index contributed by atoms with van der Waals surface area (Å²) in [4.78, 5) is 14.7. The predicted molar refractivity (Wildman–Crippen MR) is 105 cm³/mol. The zero-order valence-corrected chi connectivity index (χ0v) is 17.0. The topological polar surface area (TPSA) is 78.5 Å². The zero-order chi connectivity index (χ0) is 19.1. The Hall–Kier alpha value is -1.47. The summed E-state index contributed by atoms with van der Waals surface area (Å²) in [6, 6.07) is 4.90. The maximum atomic E-state index is 12.7. The lowest BCUT2D eigenvalue weighted by Gasteiger charge is -2.58. The molecular formula is C18H26ClN3O3S. The summed E-state index contributed by atoms with van der Waals surface area (Å²) in [5, 5.41) is 3.13. The van der Waals surface area contributed by atoms with E-state index in [2.05, 4.69) is 23.9 Å². The number of benzene rings is 1. The average Bonchev–Trinajstić information content (AvgIpc) is 2.97. The molecule has 0 radical (unpaired) electrons. The third-order valence-electron chi connectivity index (χ3n) is 5.46. The fourth-order valence-electron chi connectivity index (χ4n) is 4.62. The molecule has 1 aliphatic heterocycles. The van der Waals surface area contributed by atoms with Gasteiger partial charge in [0.05, 0.1) is 17.0 Å². The van der Waals surface area contributed by atoms with Gasteiger partial charge in [0, 0.05) is 23.7 Å². The van der Waals surface area contributed by atoms with Crippen LogP contribution in [0.15, 0.2) is 18.2 Å². The van der Waals surface area contributed by atoms with Crippen molar-refractivity contribution in [1.82, 2.24) is 4.90 Å². The van der Waals surface area contributed by atoms with Gasteiger partial charge in [0.2, 0.25) is 10.0 Å². The zero-order valence-electron chi connectivity index (χ0n) is 15.4. The number of anilines is 2. The molecule has 1 spiro atoms. The van der Waals surface area contributed by atoms with Crippen molar-refractivity contribution in [2.45, 2.75) is 45.6 Å². The summed E-state index contributed by atoms with van der Waals surface area (Å²) in [5.74, 6) is 0.414. The minimum absolute atomic E-state index is 0.124. The van der Waals surface area contributed by atoms with Crippen LogP contribution in [-0.2, 0) is 10.0 Å². The van der Waals surface area contributed by atoms with Crippen LogP contribution < -0.4 is 10.0 Å². The summed E-state index contributed by atoms with van der Waals surface area (Å²) in [5.41, 5.74) is 1.14. The number of likely N-dealkylation sites (tertiary alicyclic amines) is 1. The third-order valence-corrected chi connectivity index (χ3v) is 6.36. The van der Waals surface area contributed by atoms with Crippen LogP contribution >= 0.6 is 11.6 Å². The molecule has 1 unspecified atom stereocenters. The molecule has 1 atom stereocenters. The maximum Gasteiger partial charge on any atom is 0.322 e. The maximum absolute atomic E-state index is 12.7. The molecule has 0 bridgehead atoms. The van der Waals surface area contributed by atoms with Crippen LogP contribution in [0.25, 0.3) is 0 Å². The minimum Gasteiger partial charge on any atom is -0.320 e. The Kier molecular flexibility index (Phi) is 5.14. The molecule has 2 amide bonds. The first-order valence-electron chi connectivity index (χ1n) is 8.96. The van der Waals surface area contributed by atoms with Gasteiger partial charge in [-0.05, 0) is 37.0 Å². The molecule has 2 aliphatic rings. The first kappa shape index (κ1) is 19.3. The number of amides is 2. The lowest BCUT2D eigenvalue weighted by atomic mass is 9.66. The molecule has 1 aliphatic carbocycles. The molecule has 0 aromatic heterocycles. The molecule has 2 fully saturated rings. The molecule has 144 valence electrons. The van der Waals surface area contributed by atoms with Crippen molar-refractivity contribution in [2.75, 3.05) is 22.8 Å². The summed E-state index contributed by atoms with van der Waals surface area (Å²) < 4.78 is 25.0. The number of hydrogen-bond acceptors (Lipinski definition) is 3. The number of halogens is 1. The highest BCUT2D eigenvalue weighted by molar-refractivity contribution is 7.92. The second-order valence-corrected chi connectivity index (χ2v) is 10.0. The number of carbonyl (C=O) groups excluding carboxylic acids is 1. The number of sulfonamides is 1. The lowest BCUT2D eigenvalue weighted by Crippen LogP contribution is -2.68. The normalized spacial score (nSPS) is 21.7. The molecule has 26 heavy (non-hydrogen) atoms. The van der Waals surface area contributed by atoms with Crippen LogP contribution in [0.2, 0.25) is 5.02 Å². The Labute approximate surface area is 160 Å². The van der Waals surface area contributed by atoms with Crippen molar-refractivity contribution < 1.29 is 13.2 Å². The molecular weight excluding hydrogens is 374 g/mol. The molecule has 1 aromatic rings. The van der Waals surface area contributed by atoms with E-state index in [1.54, 1.807) is 18.2 Å². The largest absolute Gasteiger partial charge is 0.322 e. The highest BCUT2D eigenvalue weighted by Crippen LogP contribution is 2.53. The van der Waals surface area contributed by atoms with Gasteiger partial charge in [0.15, 0.2) is 0 Å². The van der Waals surface area contributed by atoms with Gasteiger partial charge >= 0.3 is 6.03 Å². The minimum atomic E-state index is -3.40. The highest BCUT2D eigenvalue weighted by atomic mass is 35.5. The standard InChI is InChI=1S/C18H26ClN3O3S/c1-12(2)16-18(8-4-5-9-18)11-22(16)17(23)20-13-6-7-15(14(19)10-13)21-26(3,24)25/h6-7,10,12,16,21H,4-5,8-9,11H2,1-3H3,(H,20,23). The fraction of sp³-hybridized carbons (Fsp3) is 0.611. The van der Waals surface area contributed by atoms with Gasteiger partial charge < -0.3 is 10.2 Å². The van der Waals surface area contributed by atoms with Gasteiger partial charge in [0.25, 0.3) is 0 Å². The highest BCUT2D eigenvalue weighted by Gasteiger charge is 2.56. The van der Waals surface area contributed by atoms with E-state index in [-0.39, 0.29) is 17.1 Å². The monoisotopic (exact) mass is 399 g/mol. The van der Waals surface area contributed by atoms with E-state index in [9.17, 15) is 13.2 Å². The number of nitrogens with zero attached hydrogens (tertiary/aromatic N) is 1. The van der Waals surface area contributed by atoms with Crippen LogP contribution in [0, 0.1) is 11.3 Å². The van der Waals surface area contributed by atoms with Crippen molar-refractivity contribution in [3.63, 3.8) is 0 Å². The smallest absolute Gasteiger partial charge is 0.320 e. The molecule has 2 N–H and O–H groups in total. The average molecular weight is 400 g/mol. The van der Waals surface area contributed by atoms with Crippen molar-refractivity contribution in [2.24, 2.45) is 11.3 Å². The SMILES string of the molecule is CC(C)C1N(C(=O)Nc2ccc(NS(C)(=O)=O)c(Cl)c2)CC12CCCC2. The Morgan fingerprint density at radius 1 is 1.31 bits per heavy atom. The third kappa shape index (κ3) is 3.78. The van der Waals surface area contributed by atoms with Crippen LogP contribution in [-0.4, -0.2) is 38.2 Å². The number of hydrogen-bond donors (Lipinski definition) is 2. The number of rotatable bonds is 4. The van der Waals surface area contributed by atoms with Crippen molar-refractivity contribution >= 4 is 39.0 Å². The van der Waals surface area contributed by atoms with Gasteiger partial charge in [-0.2, -0.15) is 0 Å². The van der Waals surface area contributed by atoms with E-state index in [0.717, 1.165) is 12.8 Å². The Balaban J connectivity index is 1.69. The van der Waals surface area contributed by atoms with Gasteiger partial charge in [-0.1, -0.05) is 38.3 Å². The number of carbonyl (C=O) groups is 1. The molecule has 1 saturated carbocycles. The second-order valence-electron chi connectivity index (χ2n) is 7.89. The molecule has 1 heterocycles. The Morgan fingerprint density at radius 2 is 1.96 bits per heavy atom. The fourth-order valence-corrected chi connectivity index (χ4v) is 5.48. The second kappa shape index (κ2) is 6.93. The van der Waals surface area contributed by atoms with Gasteiger partial charge in [0.1, 0.15) is 0 Å². The van der Waals surface area contributed by atoms with Crippen molar-refractivity contribution in [1.29, 1.82) is 0 Å². The number of nitrogens with one attached hydrogen (secondary N) is 2. The molecule has 8 heteroatoms. The first-order chi connectivity index (χ1) is 12.1. The van der Waals surface area contributed by atoms with E-state index < -0.39 is 10.0 Å². The lowest BCUT2D eigenvalue weighted by molar-refractivity contribution is -0.0578. The van der Waals surface area contributed by atoms with Crippen LogP contribution in [0.3, 0.4) is 0 Å². The van der Waals surface area contributed by atoms with Gasteiger partial charge in [-0.15, -0.1) is 0 Å². The summed E-state index contributed by atoms with van der Waals surface area (Å²) in [7, 11) is -3.40.